The van der Waals surface area contributed by atoms with E-state index < -0.39 is 0 Å². The first-order chi connectivity index (χ1) is 10.2. The number of fused-ring (bicyclic) bond motifs is 1. The van der Waals surface area contributed by atoms with Gasteiger partial charge in [0.25, 0.3) is 5.91 Å². The zero-order valence-corrected chi connectivity index (χ0v) is 13.5. The van der Waals surface area contributed by atoms with Crippen LogP contribution in [0.3, 0.4) is 0 Å². The normalized spacial score (nSPS) is 10.8. The number of halogens is 1. The van der Waals surface area contributed by atoms with Crippen molar-refractivity contribution in [2.75, 3.05) is 11.6 Å². The van der Waals surface area contributed by atoms with E-state index in [1.54, 1.807) is 23.9 Å². The smallest absolute Gasteiger partial charge is 0.258 e. The van der Waals surface area contributed by atoms with Crippen molar-refractivity contribution in [2.45, 2.75) is 4.90 Å². The molecule has 6 heteroatoms. The molecule has 1 N–H and O–H groups in total. The number of hydrogen-bond donors (Lipinski definition) is 1. The number of para-hydroxylation sites is 1. The third kappa shape index (κ3) is 3.05. The predicted molar refractivity (Wildman–Crippen MR) is 90.8 cm³/mol. The van der Waals surface area contributed by atoms with Crippen LogP contribution in [0.2, 0.25) is 5.02 Å². The molecule has 0 radical (unpaired) electrons. The Morgan fingerprint density at radius 3 is 2.86 bits per heavy atom. The minimum atomic E-state index is -0.241. The van der Waals surface area contributed by atoms with Crippen LogP contribution in [0.5, 0.6) is 0 Å². The molecule has 1 amide bonds. The number of nitrogens with zero attached hydrogens (tertiary/aromatic N) is 1. The first-order valence-corrected chi connectivity index (χ1v) is 8.60. The average molecular weight is 335 g/mol. The maximum Gasteiger partial charge on any atom is 0.258 e. The lowest BCUT2D eigenvalue weighted by Crippen LogP contribution is -2.12. The quantitative estimate of drug-likeness (QED) is 0.691. The number of anilines is 1. The predicted octanol–water partition coefficient (Wildman–Crippen LogP) is 4.92. The van der Waals surface area contributed by atoms with Gasteiger partial charge in [0, 0.05) is 4.90 Å². The van der Waals surface area contributed by atoms with E-state index in [1.807, 2.05) is 36.6 Å². The Bertz CT molecular complexity index is 783. The second-order valence-electron chi connectivity index (χ2n) is 4.29. The number of nitrogens with one attached hydrogen (secondary N) is 1. The molecule has 0 saturated heterocycles. The zero-order valence-electron chi connectivity index (χ0n) is 11.1. The first-order valence-electron chi connectivity index (χ1n) is 6.18. The Kier molecular flexibility index (Phi) is 4.14. The number of aromatic nitrogens is 1. The van der Waals surface area contributed by atoms with E-state index in [9.17, 15) is 4.79 Å². The van der Waals surface area contributed by atoms with E-state index >= 15 is 0 Å². The fourth-order valence-corrected chi connectivity index (χ4v) is 3.40. The summed E-state index contributed by atoms with van der Waals surface area (Å²) >= 11 is 9.12. The third-order valence-corrected chi connectivity index (χ3v) is 4.94. The minimum absolute atomic E-state index is 0.241. The van der Waals surface area contributed by atoms with E-state index in [0.717, 1.165) is 15.1 Å². The minimum Gasteiger partial charge on any atom is -0.298 e. The SMILES string of the molecule is CSc1ccc(Cl)c(C(=O)Nc2nc3ccccc3s2)c1. The average Bonchev–Trinajstić information content (AvgIpc) is 2.89. The summed E-state index contributed by atoms with van der Waals surface area (Å²) in [5, 5.41) is 3.83. The highest BCUT2D eigenvalue weighted by molar-refractivity contribution is 7.98. The van der Waals surface area contributed by atoms with Crippen LogP contribution in [0.1, 0.15) is 10.4 Å². The summed E-state index contributed by atoms with van der Waals surface area (Å²) in [5.74, 6) is -0.241. The van der Waals surface area contributed by atoms with Gasteiger partial charge in [-0.15, -0.1) is 11.8 Å². The van der Waals surface area contributed by atoms with Crippen LogP contribution in [0, 0.1) is 0 Å². The first kappa shape index (κ1) is 14.4. The maximum absolute atomic E-state index is 12.3. The summed E-state index contributed by atoms with van der Waals surface area (Å²) in [7, 11) is 0. The van der Waals surface area contributed by atoms with Gasteiger partial charge in [-0.25, -0.2) is 4.98 Å². The molecule has 3 nitrogen and oxygen atoms in total. The Balaban J connectivity index is 1.89. The van der Waals surface area contributed by atoms with Crippen molar-refractivity contribution in [3.05, 3.63) is 53.1 Å². The molecule has 0 aliphatic rings. The summed E-state index contributed by atoms with van der Waals surface area (Å²) in [4.78, 5) is 17.7. The van der Waals surface area contributed by atoms with Gasteiger partial charge in [-0.05, 0) is 36.6 Å². The van der Waals surface area contributed by atoms with Gasteiger partial charge in [-0.2, -0.15) is 0 Å². The fourth-order valence-electron chi connectivity index (χ4n) is 1.90. The third-order valence-electron chi connectivity index (χ3n) is 2.93. The molecule has 0 saturated carbocycles. The summed E-state index contributed by atoms with van der Waals surface area (Å²) in [6, 6.07) is 13.2. The molecule has 1 aromatic heterocycles. The molecule has 3 aromatic rings. The lowest BCUT2D eigenvalue weighted by atomic mass is 10.2. The van der Waals surface area contributed by atoms with Crippen molar-refractivity contribution in [1.29, 1.82) is 0 Å². The van der Waals surface area contributed by atoms with E-state index in [4.69, 9.17) is 11.6 Å². The van der Waals surface area contributed by atoms with Gasteiger partial charge in [0.1, 0.15) is 0 Å². The van der Waals surface area contributed by atoms with Crippen LogP contribution in [0.25, 0.3) is 10.2 Å². The van der Waals surface area contributed by atoms with Gasteiger partial charge in [-0.3, -0.25) is 10.1 Å². The maximum atomic E-state index is 12.3. The molecule has 106 valence electrons. The molecule has 0 aliphatic carbocycles. The van der Waals surface area contributed by atoms with Crippen LogP contribution in [0.15, 0.2) is 47.4 Å². The van der Waals surface area contributed by atoms with Crippen molar-refractivity contribution in [3.8, 4) is 0 Å². The van der Waals surface area contributed by atoms with E-state index in [0.29, 0.717) is 15.7 Å². The van der Waals surface area contributed by atoms with Crippen molar-refractivity contribution in [3.63, 3.8) is 0 Å². The molecule has 21 heavy (non-hydrogen) atoms. The lowest BCUT2D eigenvalue weighted by Gasteiger charge is -2.05. The second kappa shape index (κ2) is 6.05. The van der Waals surface area contributed by atoms with Crippen LogP contribution in [0.4, 0.5) is 5.13 Å². The van der Waals surface area contributed by atoms with Gasteiger partial charge in [0.15, 0.2) is 5.13 Å². The van der Waals surface area contributed by atoms with Gasteiger partial charge in [0.05, 0.1) is 20.8 Å². The van der Waals surface area contributed by atoms with Gasteiger partial charge < -0.3 is 0 Å². The number of carbonyl (C=O) groups excluding carboxylic acids is 1. The molecule has 2 aromatic carbocycles. The number of amides is 1. The lowest BCUT2D eigenvalue weighted by molar-refractivity contribution is 0.102. The fraction of sp³-hybridized carbons (Fsp3) is 0.0667. The summed E-state index contributed by atoms with van der Waals surface area (Å²) in [5.41, 5.74) is 1.34. The van der Waals surface area contributed by atoms with E-state index in [1.165, 1.54) is 11.3 Å². The molecule has 1 heterocycles. The van der Waals surface area contributed by atoms with E-state index in [2.05, 4.69) is 10.3 Å². The molecule has 0 aliphatic heterocycles. The van der Waals surface area contributed by atoms with Crippen LogP contribution in [-0.2, 0) is 0 Å². The van der Waals surface area contributed by atoms with E-state index in [-0.39, 0.29) is 5.91 Å². The van der Waals surface area contributed by atoms with Crippen LogP contribution in [-0.4, -0.2) is 17.1 Å². The Morgan fingerprint density at radius 2 is 2.10 bits per heavy atom. The number of thioether (sulfide) groups is 1. The number of rotatable bonds is 3. The molecule has 0 unspecified atom stereocenters. The van der Waals surface area contributed by atoms with Gasteiger partial charge in [0.2, 0.25) is 0 Å². The highest BCUT2D eigenvalue weighted by atomic mass is 35.5. The molecule has 0 spiro atoms. The van der Waals surface area contributed by atoms with Crippen molar-refractivity contribution >= 4 is 56.0 Å². The Hall–Kier alpha value is -1.56. The number of thiazole rings is 1. The van der Waals surface area contributed by atoms with Crippen molar-refractivity contribution in [2.24, 2.45) is 0 Å². The van der Waals surface area contributed by atoms with Crippen LogP contribution >= 0.6 is 34.7 Å². The van der Waals surface area contributed by atoms with Crippen molar-refractivity contribution < 1.29 is 4.79 Å². The topological polar surface area (TPSA) is 42.0 Å². The molecular formula is C15H11ClN2OS2. The van der Waals surface area contributed by atoms with Gasteiger partial charge >= 0.3 is 0 Å². The summed E-state index contributed by atoms with van der Waals surface area (Å²) < 4.78 is 1.04. The zero-order chi connectivity index (χ0) is 14.8. The molecule has 3 rings (SSSR count). The van der Waals surface area contributed by atoms with Crippen LogP contribution < -0.4 is 5.32 Å². The Labute approximate surface area is 135 Å². The van der Waals surface area contributed by atoms with Gasteiger partial charge in [-0.1, -0.05) is 35.1 Å². The monoisotopic (exact) mass is 334 g/mol. The van der Waals surface area contributed by atoms with Crippen molar-refractivity contribution in [1.82, 2.24) is 4.98 Å². The number of benzene rings is 2. The highest BCUT2D eigenvalue weighted by Gasteiger charge is 2.13. The summed E-state index contributed by atoms with van der Waals surface area (Å²) in [6.45, 7) is 0. The molecule has 0 atom stereocenters. The highest BCUT2D eigenvalue weighted by Crippen LogP contribution is 2.27. The number of carbonyl (C=O) groups is 1. The Morgan fingerprint density at radius 1 is 1.29 bits per heavy atom. The molecule has 0 bridgehead atoms. The number of hydrogen-bond acceptors (Lipinski definition) is 4. The molecule has 0 fully saturated rings. The largest absolute Gasteiger partial charge is 0.298 e. The second-order valence-corrected chi connectivity index (χ2v) is 6.60. The molecular weight excluding hydrogens is 324 g/mol. The standard InChI is InChI=1S/C15H11ClN2OS2/c1-20-9-6-7-11(16)10(8-9)14(19)18-15-17-12-4-2-3-5-13(12)21-15/h2-8H,1H3,(H,17,18,19). The summed E-state index contributed by atoms with van der Waals surface area (Å²) in [6.07, 6.45) is 1.96.